The van der Waals surface area contributed by atoms with Gasteiger partial charge in [0.05, 0.1) is 18.1 Å². The summed E-state index contributed by atoms with van der Waals surface area (Å²) < 4.78 is 31.0. The van der Waals surface area contributed by atoms with Crippen molar-refractivity contribution in [3.05, 3.63) is 29.8 Å². The number of aliphatic hydroxyl groups excluding tert-OH is 1. The Balaban J connectivity index is 2.88. The number of aliphatic hydroxyl groups is 1. The van der Waals surface area contributed by atoms with Crippen LogP contribution in [0.25, 0.3) is 0 Å². The van der Waals surface area contributed by atoms with E-state index in [0.29, 0.717) is 0 Å². The molecular weight excluding hydrogens is 324 g/mol. The number of rotatable bonds is 7. The fourth-order valence-electron chi connectivity index (χ4n) is 1.67. The molecule has 1 rings (SSSR count). The van der Waals surface area contributed by atoms with Crippen molar-refractivity contribution in [2.45, 2.75) is 30.9 Å². The Labute approximate surface area is 134 Å². The van der Waals surface area contributed by atoms with Gasteiger partial charge in [0.2, 0.25) is 15.9 Å². The van der Waals surface area contributed by atoms with Gasteiger partial charge in [0.1, 0.15) is 12.6 Å². The van der Waals surface area contributed by atoms with E-state index in [1.807, 2.05) is 6.92 Å². The molecule has 1 amide bonds. The number of carbonyl (C=O) groups excluding carboxylic acids is 2. The summed E-state index contributed by atoms with van der Waals surface area (Å²) in [6.45, 7) is 2.65. The predicted molar refractivity (Wildman–Crippen MR) is 82.0 cm³/mol. The minimum Gasteiger partial charge on any atom is -0.468 e. The molecule has 3 N–H and O–H groups in total. The van der Waals surface area contributed by atoms with Gasteiger partial charge in [0, 0.05) is 0 Å². The zero-order chi connectivity index (χ0) is 17.6. The first-order valence-corrected chi connectivity index (χ1v) is 8.27. The molecule has 9 heteroatoms. The number of hydrogen-bond donors (Lipinski definition) is 3. The number of benzene rings is 1. The Morgan fingerprint density at radius 1 is 1.26 bits per heavy atom. The first-order chi connectivity index (χ1) is 10.7. The summed E-state index contributed by atoms with van der Waals surface area (Å²) in [6, 6.07) is 4.57. The summed E-state index contributed by atoms with van der Waals surface area (Å²) in [4.78, 5) is 22.9. The molecule has 1 aromatic carbocycles. The van der Waals surface area contributed by atoms with Gasteiger partial charge in [-0.1, -0.05) is 17.7 Å². The smallest absolute Gasteiger partial charge is 0.325 e. The van der Waals surface area contributed by atoms with E-state index in [4.69, 9.17) is 0 Å². The molecule has 1 unspecified atom stereocenters. The second kappa shape index (κ2) is 8.04. The topological polar surface area (TPSA) is 122 Å². The molecule has 0 radical (unpaired) electrons. The van der Waals surface area contributed by atoms with Gasteiger partial charge in [0.25, 0.3) is 0 Å². The number of ether oxygens (including phenoxy) is 1. The van der Waals surface area contributed by atoms with Crippen LogP contribution < -0.4 is 10.0 Å². The van der Waals surface area contributed by atoms with Gasteiger partial charge in [-0.25, -0.2) is 8.42 Å². The number of esters is 1. The van der Waals surface area contributed by atoms with Crippen LogP contribution in [0.2, 0.25) is 0 Å². The molecular formula is C14H20N2O6S. The second-order valence-corrected chi connectivity index (χ2v) is 6.66. The number of carbonyl (C=O) groups is 2. The van der Waals surface area contributed by atoms with Crippen molar-refractivity contribution in [1.82, 2.24) is 10.0 Å². The van der Waals surface area contributed by atoms with Crippen LogP contribution in [-0.2, 0) is 24.3 Å². The van der Waals surface area contributed by atoms with Gasteiger partial charge in [0.15, 0.2) is 0 Å². The standard InChI is InChI=1S/C14H20N2O6S/c1-9-4-6-11(7-5-9)23(20,21)16-13(10(2)17)14(19)15-8-12(18)22-3/h4-7,10,13,16-17H,8H2,1-3H3,(H,15,19)/t10?,13-/m0/s1. The number of amides is 1. The minimum atomic E-state index is -4.00. The third-order valence-corrected chi connectivity index (χ3v) is 4.47. The molecule has 2 atom stereocenters. The van der Waals surface area contributed by atoms with E-state index in [0.717, 1.165) is 12.7 Å². The lowest BCUT2D eigenvalue weighted by molar-refractivity contribution is -0.141. The van der Waals surface area contributed by atoms with Gasteiger partial charge < -0.3 is 15.2 Å². The minimum absolute atomic E-state index is 0.0329. The number of aryl methyl sites for hydroxylation is 1. The number of nitrogens with one attached hydrogen (secondary N) is 2. The first-order valence-electron chi connectivity index (χ1n) is 6.79. The summed E-state index contributed by atoms with van der Waals surface area (Å²) in [5.41, 5.74) is 0.881. The Bertz CT molecular complexity index is 654. The maximum Gasteiger partial charge on any atom is 0.325 e. The lowest BCUT2D eigenvalue weighted by Crippen LogP contribution is -2.53. The van der Waals surface area contributed by atoms with E-state index in [1.54, 1.807) is 12.1 Å². The van der Waals surface area contributed by atoms with E-state index in [-0.39, 0.29) is 4.90 Å². The molecule has 1 aromatic rings. The van der Waals surface area contributed by atoms with Gasteiger partial charge in [-0.3, -0.25) is 9.59 Å². The molecule has 0 saturated heterocycles. The highest BCUT2D eigenvalue weighted by atomic mass is 32.2. The van der Waals surface area contributed by atoms with Gasteiger partial charge in [-0.2, -0.15) is 4.72 Å². The van der Waals surface area contributed by atoms with Crippen molar-refractivity contribution in [2.24, 2.45) is 0 Å². The Morgan fingerprint density at radius 3 is 2.30 bits per heavy atom. The van der Waals surface area contributed by atoms with E-state index in [2.05, 4.69) is 14.8 Å². The molecule has 0 aromatic heterocycles. The van der Waals surface area contributed by atoms with Crippen LogP contribution in [-0.4, -0.2) is 51.2 Å². The lowest BCUT2D eigenvalue weighted by Gasteiger charge is -2.20. The molecule has 0 heterocycles. The van der Waals surface area contributed by atoms with Gasteiger partial charge in [-0.15, -0.1) is 0 Å². The molecule has 0 saturated carbocycles. The molecule has 128 valence electrons. The summed E-state index contributed by atoms with van der Waals surface area (Å²) in [5, 5.41) is 11.9. The van der Waals surface area contributed by atoms with Crippen molar-refractivity contribution < 1.29 is 27.9 Å². The zero-order valence-corrected chi connectivity index (χ0v) is 13.9. The maximum atomic E-state index is 12.3. The van der Waals surface area contributed by atoms with Gasteiger partial charge >= 0.3 is 5.97 Å². The SMILES string of the molecule is COC(=O)CNC(=O)[C@@H](NS(=O)(=O)c1ccc(C)cc1)C(C)O. The van der Waals surface area contributed by atoms with Crippen molar-refractivity contribution in [3.63, 3.8) is 0 Å². The number of sulfonamides is 1. The largest absolute Gasteiger partial charge is 0.468 e. The molecule has 0 aliphatic heterocycles. The Kier molecular flexibility index (Phi) is 6.67. The third kappa shape index (κ3) is 5.62. The van der Waals surface area contributed by atoms with Gasteiger partial charge in [-0.05, 0) is 26.0 Å². The molecule has 0 aliphatic rings. The lowest BCUT2D eigenvalue weighted by atomic mass is 10.2. The van der Waals surface area contributed by atoms with E-state index >= 15 is 0 Å². The molecule has 23 heavy (non-hydrogen) atoms. The fraction of sp³-hybridized carbons (Fsp3) is 0.429. The van der Waals surface area contributed by atoms with Crippen LogP contribution in [0.15, 0.2) is 29.2 Å². The van der Waals surface area contributed by atoms with Crippen molar-refractivity contribution in [2.75, 3.05) is 13.7 Å². The summed E-state index contributed by atoms with van der Waals surface area (Å²) >= 11 is 0. The van der Waals surface area contributed by atoms with Crippen molar-refractivity contribution in [3.8, 4) is 0 Å². The van der Waals surface area contributed by atoms with Crippen LogP contribution in [0.4, 0.5) is 0 Å². The van der Waals surface area contributed by atoms with Crippen LogP contribution in [0.1, 0.15) is 12.5 Å². The highest BCUT2D eigenvalue weighted by Crippen LogP contribution is 2.11. The summed E-state index contributed by atoms with van der Waals surface area (Å²) in [5.74, 6) is -1.52. The first kappa shape index (κ1) is 19.1. The molecule has 0 bridgehead atoms. The summed E-state index contributed by atoms with van der Waals surface area (Å²) in [7, 11) is -2.84. The second-order valence-electron chi connectivity index (χ2n) is 4.95. The van der Waals surface area contributed by atoms with Crippen LogP contribution >= 0.6 is 0 Å². The molecule has 0 spiro atoms. The molecule has 8 nitrogen and oxygen atoms in total. The number of hydrogen-bond acceptors (Lipinski definition) is 6. The maximum absolute atomic E-state index is 12.3. The Morgan fingerprint density at radius 2 is 1.83 bits per heavy atom. The monoisotopic (exact) mass is 344 g/mol. The van der Waals surface area contributed by atoms with Crippen molar-refractivity contribution in [1.29, 1.82) is 0 Å². The molecule has 0 aliphatic carbocycles. The van der Waals surface area contributed by atoms with E-state index in [9.17, 15) is 23.1 Å². The quantitative estimate of drug-likeness (QED) is 0.563. The average molecular weight is 344 g/mol. The normalized spacial score (nSPS) is 13.9. The third-order valence-electron chi connectivity index (χ3n) is 3.01. The van der Waals surface area contributed by atoms with E-state index in [1.165, 1.54) is 19.1 Å². The number of methoxy groups -OCH3 is 1. The average Bonchev–Trinajstić information content (AvgIpc) is 2.50. The van der Waals surface area contributed by atoms with E-state index < -0.39 is 40.6 Å². The highest BCUT2D eigenvalue weighted by molar-refractivity contribution is 7.89. The Hall–Kier alpha value is -1.97. The molecule has 0 fully saturated rings. The van der Waals surface area contributed by atoms with Crippen LogP contribution in [0, 0.1) is 6.92 Å². The highest BCUT2D eigenvalue weighted by Gasteiger charge is 2.29. The predicted octanol–water partition coefficient (Wildman–Crippen LogP) is -0.688. The van der Waals surface area contributed by atoms with Crippen molar-refractivity contribution >= 4 is 21.9 Å². The zero-order valence-electron chi connectivity index (χ0n) is 13.1. The van der Waals surface area contributed by atoms with Crippen LogP contribution in [0.5, 0.6) is 0 Å². The summed E-state index contributed by atoms with van der Waals surface area (Å²) in [6.07, 6.45) is -1.30. The fourth-order valence-corrected chi connectivity index (χ4v) is 2.93. The van der Waals surface area contributed by atoms with Crippen LogP contribution in [0.3, 0.4) is 0 Å².